The van der Waals surface area contributed by atoms with Crippen molar-refractivity contribution < 1.29 is 23.0 Å². The fourth-order valence-corrected chi connectivity index (χ4v) is 4.00. The number of fused-ring (bicyclic) bond motifs is 2. The molecule has 2 saturated heterocycles. The largest absolute Gasteiger partial charge is 0.492 e. The van der Waals surface area contributed by atoms with Crippen LogP contribution in [0.1, 0.15) is 38.2 Å². The number of hydrogen-bond donors (Lipinski definition) is 1. The highest BCUT2D eigenvalue weighted by atomic mass is 19.4. The number of rotatable bonds is 4. The average Bonchev–Trinajstić information content (AvgIpc) is 2.71. The number of alkyl halides is 3. The van der Waals surface area contributed by atoms with Crippen LogP contribution in [0, 0.1) is 0 Å². The minimum absolute atomic E-state index is 0.114. The molecule has 2 heterocycles. The van der Waals surface area contributed by atoms with Crippen LogP contribution >= 0.6 is 0 Å². The van der Waals surface area contributed by atoms with Crippen LogP contribution in [0.2, 0.25) is 0 Å². The molecule has 1 aromatic carbocycles. The van der Waals surface area contributed by atoms with E-state index in [0.717, 1.165) is 31.7 Å². The number of piperidine rings is 1. The molecule has 1 N–H and O–H groups in total. The predicted octanol–water partition coefficient (Wildman–Crippen LogP) is 3.46. The summed E-state index contributed by atoms with van der Waals surface area (Å²) in [6.07, 6.45) is -0.870. The highest BCUT2D eigenvalue weighted by Gasteiger charge is 2.45. The Kier molecular flexibility index (Phi) is 4.31. The van der Waals surface area contributed by atoms with Crippen LogP contribution in [0.15, 0.2) is 24.3 Å². The minimum Gasteiger partial charge on any atom is -0.492 e. The maximum absolute atomic E-state index is 12.9. The smallest absolute Gasteiger partial charge is 0.419 e. The van der Waals surface area contributed by atoms with Crippen LogP contribution in [0.3, 0.4) is 0 Å². The molecule has 2 aliphatic rings. The van der Waals surface area contributed by atoms with E-state index in [9.17, 15) is 18.3 Å². The van der Waals surface area contributed by atoms with E-state index in [1.807, 2.05) is 6.92 Å². The third-order valence-electron chi connectivity index (χ3n) is 4.92. The summed E-state index contributed by atoms with van der Waals surface area (Å²) in [5, 5.41) is 10.2. The van der Waals surface area contributed by atoms with Gasteiger partial charge in [0.25, 0.3) is 0 Å². The van der Waals surface area contributed by atoms with Crippen LogP contribution in [0.5, 0.6) is 5.75 Å². The molecule has 0 saturated carbocycles. The van der Waals surface area contributed by atoms with Gasteiger partial charge in [-0.1, -0.05) is 12.1 Å². The third-order valence-corrected chi connectivity index (χ3v) is 4.92. The van der Waals surface area contributed by atoms with Gasteiger partial charge in [0.15, 0.2) is 0 Å². The highest BCUT2D eigenvalue weighted by molar-refractivity contribution is 5.35. The molecule has 0 spiro atoms. The summed E-state index contributed by atoms with van der Waals surface area (Å²) in [4.78, 5) is 2.29. The van der Waals surface area contributed by atoms with Crippen molar-refractivity contribution in [3.8, 4) is 5.75 Å². The first-order valence-electron chi connectivity index (χ1n) is 8.03. The first kappa shape index (κ1) is 16.6. The van der Waals surface area contributed by atoms with Crippen molar-refractivity contribution >= 4 is 0 Å². The van der Waals surface area contributed by atoms with E-state index in [0.29, 0.717) is 18.6 Å². The zero-order chi connectivity index (χ0) is 16.7. The molecule has 0 amide bonds. The topological polar surface area (TPSA) is 32.7 Å². The van der Waals surface area contributed by atoms with Crippen LogP contribution in [0.25, 0.3) is 0 Å². The monoisotopic (exact) mass is 329 g/mol. The summed E-state index contributed by atoms with van der Waals surface area (Å²) in [6.45, 7) is 2.69. The first-order valence-corrected chi connectivity index (χ1v) is 8.03. The molecule has 3 rings (SSSR count). The van der Waals surface area contributed by atoms with Crippen LogP contribution in [-0.4, -0.2) is 40.8 Å². The van der Waals surface area contributed by atoms with Crippen molar-refractivity contribution in [2.75, 3.05) is 13.2 Å². The van der Waals surface area contributed by atoms with E-state index in [1.54, 1.807) is 6.07 Å². The van der Waals surface area contributed by atoms with Gasteiger partial charge < -0.3 is 9.84 Å². The van der Waals surface area contributed by atoms with Gasteiger partial charge in [-0.15, -0.1) is 0 Å². The van der Waals surface area contributed by atoms with Crippen molar-refractivity contribution in [2.45, 2.75) is 56.5 Å². The maximum atomic E-state index is 12.9. The van der Waals surface area contributed by atoms with Gasteiger partial charge in [0.2, 0.25) is 0 Å². The Morgan fingerprint density at radius 3 is 2.43 bits per heavy atom. The molecule has 0 aromatic heterocycles. The van der Waals surface area contributed by atoms with Gasteiger partial charge in [0.05, 0.1) is 11.2 Å². The normalized spacial score (nSPS) is 31.3. The molecule has 2 bridgehead atoms. The number of benzene rings is 1. The second-order valence-electron chi connectivity index (χ2n) is 6.87. The van der Waals surface area contributed by atoms with E-state index >= 15 is 0 Å². The number of ether oxygens (including phenoxy) is 1. The Hall–Kier alpha value is -1.27. The van der Waals surface area contributed by atoms with Gasteiger partial charge in [-0.3, -0.25) is 4.90 Å². The summed E-state index contributed by atoms with van der Waals surface area (Å²) in [6, 6.07) is 5.93. The lowest BCUT2D eigenvalue weighted by molar-refractivity contribution is -0.139. The van der Waals surface area contributed by atoms with E-state index in [1.165, 1.54) is 12.1 Å². The first-order chi connectivity index (χ1) is 10.8. The molecule has 128 valence electrons. The van der Waals surface area contributed by atoms with Crippen LogP contribution in [-0.2, 0) is 6.18 Å². The molecule has 2 fully saturated rings. The molecular formula is C17H22F3NO2. The molecule has 2 aliphatic heterocycles. The Bertz CT molecular complexity index is 543. The van der Waals surface area contributed by atoms with Crippen LogP contribution < -0.4 is 4.74 Å². The van der Waals surface area contributed by atoms with E-state index in [2.05, 4.69) is 4.90 Å². The fourth-order valence-electron chi connectivity index (χ4n) is 4.00. The van der Waals surface area contributed by atoms with Gasteiger partial charge in [-0.25, -0.2) is 0 Å². The molecule has 0 radical (unpaired) electrons. The summed E-state index contributed by atoms with van der Waals surface area (Å²) < 4.78 is 44.2. The Morgan fingerprint density at radius 1 is 1.22 bits per heavy atom. The second-order valence-corrected chi connectivity index (χ2v) is 6.87. The van der Waals surface area contributed by atoms with Crippen molar-refractivity contribution in [3.63, 3.8) is 0 Å². The molecule has 6 heteroatoms. The van der Waals surface area contributed by atoms with Crippen molar-refractivity contribution in [1.29, 1.82) is 0 Å². The Balaban J connectivity index is 1.59. The van der Waals surface area contributed by atoms with E-state index in [4.69, 9.17) is 4.74 Å². The lowest BCUT2D eigenvalue weighted by Gasteiger charge is -2.42. The Labute approximate surface area is 134 Å². The number of aliphatic hydroxyl groups is 1. The van der Waals surface area contributed by atoms with Gasteiger partial charge in [0.1, 0.15) is 12.4 Å². The van der Waals surface area contributed by atoms with Crippen molar-refractivity contribution in [2.24, 2.45) is 0 Å². The van der Waals surface area contributed by atoms with Crippen molar-refractivity contribution in [1.82, 2.24) is 4.90 Å². The SMILES string of the molecule is CC1(O)CC2CC[C@@H](C1)N2CCOc1ccccc1C(F)(F)F. The van der Waals surface area contributed by atoms with Gasteiger partial charge in [-0.2, -0.15) is 13.2 Å². The molecule has 2 unspecified atom stereocenters. The lowest BCUT2D eigenvalue weighted by atomic mass is 9.88. The lowest BCUT2D eigenvalue weighted by Crippen LogP contribution is -2.50. The number of hydrogen-bond acceptors (Lipinski definition) is 3. The van der Waals surface area contributed by atoms with Crippen LogP contribution in [0.4, 0.5) is 13.2 Å². The molecule has 1 aromatic rings. The summed E-state index contributed by atoms with van der Waals surface area (Å²) in [5.41, 5.74) is -1.35. The average molecular weight is 329 g/mol. The number of halogens is 3. The second kappa shape index (κ2) is 5.98. The van der Waals surface area contributed by atoms with Gasteiger partial charge >= 0.3 is 6.18 Å². The summed E-state index contributed by atoms with van der Waals surface area (Å²) in [7, 11) is 0. The standard InChI is InChI=1S/C17H22F3NO2/c1-16(22)10-12-6-7-13(11-16)21(12)8-9-23-15-5-3-2-4-14(15)17(18,19)20/h2-5,12-13,22H,6-11H2,1H3/t12-,13?,16?/m0/s1. The van der Waals surface area contributed by atoms with E-state index < -0.39 is 17.3 Å². The zero-order valence-corrected chi connectivity index (χ0v) is 13.1. The molecule has 23 heavy (non-hydrogen) atoms. The molecule has 3 nitrogen and oxygen atoms in total. The highest BCUT2D eigenvalue weighted by Crippen LogP contribution is 2.40. The number of para-hydroxylation sites is 1. The maximum Gasteiger partial charge on any atom is 0.419 e. The predicted molar refractivity (Wildman–Crippen MR) is 80.3 cm³/mol. The fraction of sp³-hybridized carbons (Fsp3) is 0.647. The minimum atomic E-state index is -4.40. The quantitative estimate of drug-likeness (QED) is 0.918. The molecule has 0 aliphatic carbocycles. The third kappa shape index (κ3) is 3.63. The zero-order valence-electron chi connectivity index (χ0n) is 13.1. The Morgan fingerprint density at radius 2 is 1.83 bits per heavy atom. The van der Waals surface area contributed by atoms with E-state index in [-0.39, 0.29) is 12.4 Å². The summed E-state index contributed by atoms with van der Waals surface area (Å²) in [5.74, 6) is -0.114. The number of nitrogens with zero attached hydrogens (tertiary/aromatic N) is 1. The molecule has 3 atom stereocenters. The molecular weight excluding hydrogens is 307 g/mol. The van der Waals surface area contributed by atoms with Crippen molar-refractivity contribution in [3.05, 3.63) is 29.8 Å². The van der Waals surface area contributed by atoms with Gasteiger partial charge in [0, 0.05) is 18.6 Å². The van der Waals surface area contributed by atoms with Gasteiger partial charge in [-0.05, 0) is 44.7 Å². The summed E-state index contributed by atoms with van der Waals surface area (Å²) >= 11 is 0.